The first-order valence-electron chi connectivity index (χ1n) is 12.8. The van der Waals surface area contributed by atoms with E-state index in [9.17, 15) is 9.59 Å². The quantitative estimate of drug-likeness (QED) is 0.553. The number of aromatic nitrogens is 2. The number of carbonyl (C=O) groups is 2. The van der Waals surface area contributed by atoms with E-state index < -0.39 is 5.54 Å². The fourth-order valence-corrected chi connectivity index (χ4v) is 5.30. The van der Waals surface area contributed by atoms with Crippen molar-refractivity contribution in [1.29, 1.82) is 0 Å². The van der Waals surface area contributed by atoms with Gasteiger partial charge in [0.15, 0.2) is 0 Å². The van der Waals surface area contributed by atoms with E-state index in [1.807, 2.05) is 55.5 Å². The molecular formula is C29H34N4O2. The molecule has 2 aliphatic rings. The Hall–Kier alpha value is -3.41. The SMILES string of the molecule is CCc1ccc(-c2cc3n(n2)C[C@@](C)(C(=O)NC2CCCCC2)N(Cc2ccccc2)C3=O)cc1. The third kappa shape index (κ3) is 4.62. The van der Waals surface area contributed by atoms with Crippen molar-refractivity contribution in [3.8, 4) is 11.3 Å². The highest BCUT2D eigenvalue weighted by atomic mass is 16.2. The lowest BCUT2D eigenvalue weighted by Crippen LogP contribution is -2.64. The molecule has 182 valence electrons. The van der Waals surface area contributed by atoms with Crippen LogP contribution in [0.3, 0.4) is 0 Å². The average molecular weight is 471 g/mol. The number of hydrogen-bond acceptors (Lipinski definition) is 3. The van der Waals surface area contributed by atoms with Crippen LogP contribution in [-0.2, 0) is 24.3 Å². The molecule has 0 unspecified atom stereocenters. The second-order valence-corrected chi connectivity index (χ2v) is 10.1. The van der Waals surface area contributed by atoms with E-state index in [0.29, 0.717) is 18.8 Å². The zero-order valence-electron chi connectivity index (χ0n) is 20.7. The Kier molecular flexibility index (Phi) is 6.46. The van der Waals surface area contributed by atoms with Crippen LogP contribution in [0, 0.1) is 0 Å². The third-order valence-electron chi connectivity index (χ3n) is 7.57. The molecule has 1 aromatic heterocycles. The summed E-state index contributed by atoms with van der Waals surface area (Å²) in [6.07, 6.45) is 6.47. The Morgan fingerprint density at radius 2 is 1.74 bits per heavy atom. The lowest BCUT2D eigenvalue weighted by Gasteiger charge is -2.44. The minimum absolute atomic E-state index is 0.0938. The van der Waals surface area contributed by atoms with Crippen molar-refractivity contribution in [3.05, 3.63) is 77.5 Å². The van der Waals surface area contributed by atoms with E-state index in [4.69, 9.17) is 5.10 Å². The van der Waals surface area contributed by atoms with Gasteiger partial charge in [0.25, 0.3) is 5.91 Å². The number of carbonyl (C=O) groups excluding carboxylic acids is 2. The minimum Gasteiger partial charge on any atom is -0.351 e. The fraction of sp³-hybridized carbons (Fsp3) is 0.414. The van der Waals surface area contributed by atoms with Crippen LogP contribution in [-0.4, -0.2) is 38.1 Å². The molecule has 1 saturated carbocycles. The third-order valence-corrected chi connectivity index (χ3v) is 7.57. The molecule has 1 N–H and O–H groups in total. The number of nitrogens with one attached hydrogen (secondary N) is 1. The Balaban J connectivity index is 1.49. The van der Waals surface area contributed by atoms with Crippen molar-refractivity contribution in [2.45, 2.75) is 77.0 Å². The summed E-state index contributed by atoms with van der Waals surface area (Å²) < 4.78 is 1.73. The summed E-state index contributed by atoms with van der Waals surface area (Å²) in [5, 5.41) is 8.06. The van der Waals surface area contributed by atoms with E-state index in [2.05, 4.69) is 24.4 Å². The lowest BCUT2D eigenvalue weighted by molar-refractivity contribution is -0.134. The zero-order valence-corrected chi connectivity index (χ0v) is 20.7. The van der Waals surface area contributed by atoms with Gasteiger partial charge in [-0.1, -0.05) is 80.8 Å². The highest BCUT2D eigenvalue weighted by Gasteiger charge is 2.48. The van der Waals surface area contributed by atoms with Gasteiger partial charge >= 0.3 is 0 Å². The fourth-order valence-electron chi connectivity index (χ4n) is 5.30. The molecule has 3 aromatic rings. The minimum atomic E-state index is -1.03. The van der Waals surface area contributed by atoms with Crippen molar-refractivity contribution >= 4 is 11.8 Å². The summed E-state index contributed by atoms with van der Waals surface area (Å²) >= 11 is 0. The largest absolute Gasteiger partial charge is 0.351 e. The first-order valence-corrected chi connectivity index (χ1v) is 12.8. The van der Waals surface area contributed by atoms with Crippen LogP contribution in [0.2, 0.25) is 0 Å². The van der Waals surface area contributed by atoms with Crippen LogP contribution in [0.4, 0.5) is 0 Å². The highest BCUT2D eigenvalue weighted by molar-refractivity contribution is 6.00. The van der Waals surface area contributed by atoms with Gasteiger partial charge < -0.3 is 10.2 Å². The maximum Gasteiger partial charge on any atom is 0.273 e. The highest BCUT2D eigenvalue weighted by Crippen LogP contribution is 2.32. The van der Waals surface area contributed by atoms with E-state index in [1.165, 1.54) is 12.0 Å². The van der Waals surface area contributed by atoms with Crippen LogP contribution in [0.25, 0.3) is 11.3 Å². The topological polar surface area (TPSA) is 67.2 Å². The van der Waals surface area contributed by atoms with Gasteiger partial charge in [-0.3, -0.25) is 14.3 Å². The van der Waals surface area contributed by atoms with Crippen molar-refractivity contribution in [1.82, 2.24) is 20.0 Å². The number of aryl methyl sites for hydroxylation is 1. The summed E-state index contributed by atoms with van der Waals surface area (Å²) in [4.78, 5) is 29.3. The lowest BCUT2D eigenvalue weighted by atomic mass is 9.91. The van der Waals surface area contributed by atoms with E-state index in [-0.39, 0.29) is 17.9 Å². The van der Waals surface area contributed by atoms with Crippen LogP contribution < -0.4 is 5.32 Å². The average Bonchev–Trinajstić information content (AvgIpc) is 3.31. The van der Waals surface area contributed by atoms with Gasteiger partial charge in [-0.05, 0) is 43.4 Å². The second kappa shape index (κ2) is 9.68. The monoisotopic (exact) mass is 470 g/mol. The zero-order chi connectivity index (χ0) is 24.4. The molecule has 6 heteroatoms. The molecule has 6 nitrogen and oxygen atoms in total. The smallest absolute Gasteiger partial charge is 0.273 e. The van der Waals surface area contributed by atoms with Gasteiger partial charge in [-0.2, -0.15) is 5.10 Å². The summed E-state index contributed by atoms with van der Waals surface area (Å²) in [5.74, 6) is -0.256. The molecule has 0 radical (unpaired) electrons. The Morgan fingerprint density at radius 3 is 2.43 bits per heavy atom. The molecule has 0 bridgehead atoms. The van der Waals surface area contributed by atoms with Gasteiger partial charge in [0.2, 0.25) is 5.91 Å². The molecule has 2 heterocycles. The van der Waals surface area contributed by atoms with Gasteiger partial charge in [0.05, 0.1) is 12.2 Å². The van der Waals surface area contributed by atoms with Gasteiger partial charge in [0, 0.05) is 18.2 Å². The predicted molar refractivity (Wildman–Crippen MR) is 137 cm³/mol. The number of fused-ring (bicyclic) bond motifs is 1. The molecule has 1 fully saturated rings. The first-order chi connectivity index (χ1) is 17.0. The molecule has 0 saturated heterocycles. The number of rotatable bonds is 6. The molecular weight excluding hydrogens is 436 g/mol. The standard InChI is InChI=1S/C29H34N4O2/c1-3-21-14-16-23(17-15-21)25-18-26-27(34)32(19-22-10-6-4-7-11-22)29(2,20-33(26)31-25)28(35)30-24-12-8-5-9-13-24/h4,6-7,10-11,14-18,24H,3,5,8-9,12-13,19-20H2,1-2H3,(H,30,35)/t29-/m0/s1. The predicted octanol–water partition coefficient (Wildman–Crippen LogP) is 4.98. The van der Waals surface area contributed by atoms with Crippen LogP contribution >= 0.6 is 0 Å². The molecule has 0 spiro atoms. The van der Waals surface area contributed by atoms with Crippen LogP contribution in [0.1, 0.15) is 67.6 Å². The van der Waals surface area contributed by atoms with Crippen LogP contribution in [0.15, 0.2) is 60.7 Å². The van der Waals surface area contributed by atoms with E-state index in [0.717, 1.165) is 48.9 Å². The maximum absolute atomic E-state index is 13.9. The summed E-state index contributed by atoms with van der Waals surface area (Å²) in [6.45, 7) is 4.71. The summed E-state index contributed by atoms with van der Waals surface area (Å²) in [7, 11) is 0. The Morgan fingerprint density at radius 1 is 1.03 bits per heavy atom. The summed E-state index contributed by atoms with van der Waals surface area (Å²) in [6, 6.07) is 20.2. The molecule has 35 heavy (non-hydrogen) atoms. The normalized spacial score (nSPS) is 20.5. The second-order valence-electron chi connectivity index (χ2n) is 10.1. The Labute approximate surface area is 207 Å². The summed E-state index contributed by atoms with van der Waals surface area (Å²) in [5.41, 5.74) is 3.48. The van der Waals surface area contributed by atoms with E-state index in [1.54, 1.807) is 9.58 Å². The number of hydrogen-bond donors (Lipinski definition) is 1. The Bertz CT molecular complexity index is 1200. The van der Waals surface area contributed by atoms with Gasteiger partial charge in [-0.15, -0.1) is 0 Å². The van der Waals surface area contributed by atoms with Crippen molar-refractivity contribution < 1.29 is 9.59 Å². The number of nitrogens with zero attached hydrogens (tertiary/aromatic N) is 3. The number of amides is 2. The van der Waals surface area contributed by atoms with E-state index >= 15 is 0 Å². The van der Waals surface area contributed by atoms with Crippen molar-refractivity contribution in [2.75, 3.05) is 0 Å². The molecule has 2 amide bonds. The number of benzene rings is 2. The van der Waals surface area contributed by atoms with Crippen molar-refractivity contribution in [3.63, 3.8) is 0 Å². The molecule has 5 rings (SSSR count). The van der Waals surface area contributed by atoms with Gasteiger partial charge in [0.1, 0.15) is 11.2 Å². The molecule has 1 atom stereocenters. The first kappa shape index (κ1) is 23.3. The van der Waals surface area contributed by atoms with Gasteiger partial charge in [-0.25, -0.2) is 0 Å². The molecule has 1 aliphatic heterocycles. The van der Waals surface area contributed by atoms with Crippen molar-refractivity contribution in [2.24, 2.45) is 0 Å². The molecule has 2 aromatic carbocycles. The maximum atomic E-state index is 13.9. The van der Waals surface area contributed by atoms with Crippen LogP contribution in [0.5, 0.6) is 0 Å². The molecule has 1 aliphatic carbocycles.